The smallest absolute Gasteiger partial charge is 0.257 e. The van der Waals surface area contributed by atoms with Crippen LogP contribution in [0.25, 0.3) is 0 Å². The molecule has 2 rings (SSSR count). The van der Waals surface area contributed by atoms with E-state index in [9.17, 15) is 4.79 Å². The minimum Gasteiger partial charge on any atom is -0.481 e. The predicted octanol–water partition coefficient (Wildman–Crippen LogP) is 2.57. The molecule has 2 aromatic rings. The van der Waals surface area contributed by atoms with Crippen molar-refractivity contribution < 1.29 is 9.53 Å². The van der Waals surface area contributed by atoms with Crippen LogP contribution in [-0.2, 0) is 6.54 Å². The van der Waals surface area contributed by atoms with Gasteiger partial charge in [-0.3, -0.25) is 9.48 Å². The maximum Gasteiger partial charge on any atom is 0.257 e. The zero-order chi connectivity index (χ0) is 15.4. The van der Waals surface area contributed by atoms with E-state index in [0.29, 0.717) is 11.4 Å². The molecular formula is C15H20N4O2. The normalized spacial score (nSPS) is 10.5. The molecule has 0 saturated carbocycles. The van der Waals surface area contributed by atoms with Gasteiger partial charge in [-0.1, -0.05) is 6.92 Å². The number of anilines is 1. The van der Waals surface area contributed by atoms with E-state index in [-0.39, 0.29) is 5.91 Å². The molecule has 6 heteroatoms. The van der Waals surface area contributed by atoms with Crippen molar-refractivity contribution >= 4 is 11.6 Å². The van der Waals surface area contributed by atoms with Gasteiger partial charge in [-0.05, 0) is 26.3 Å². The van der Waals surface area contributed by atoms with E-state index in [4.69, 9.17) is 4.74 Å². The molecule has 0 fully saturated rings. The molecule has 0 bridgehead atoms. The van der Waals surface area contributed by atoms with Crippen molar-refractivity contribution in [1.82, 2.24) is 14.8 Å². The molecule has 112 valence electrons. The summed E-state index contributed by atoms with van der Waals surface area (Å²) in [5.74, 6) is 0.280. The Balaban J connectivity index is 2.18. The molecule has 0 aromatic carbocycles. The number of carbonyl (C=O) groups excluding carboxylic acids is 1. The predicted molar refractivity (Wildman–Crippen MR) is 80.7 cm³/mol. The molecule has 0 radical (unpaired) electrons. The Morgan fingerprint density at radius 1 is 1.38 bits per heavy atom. The second-order valence-electron chi connectivity index (χ2n) is 4.81. The third kappa shape index (κ3) is 3.21. The highest BCUT2D eigenvalue weighted by atomic mass is 16.5. The van der Waals surface area contributed by atoms with E-state index in [0.717, 1.165) is 30.0 Å². The van der Waals surface area contributed by atoms with Crippen LogP contribution >= 0.6 is 0 Å². The van der Waals surface area contributed by atoms with Crippen LogP contribution in [0.5, 0.6) is 5.88 Å². The molecule has 0 atom stereocenters. The van der Waals surface area contributed by atoms with E-state index in [1.54, 1.807) is 12.1 Å². The van der Waals surface area contributed by atoms with Gasteiger partial charge in [0.15, 0.2) is 0 Å². The molecule has 0 saturated heterocycles. The van der Waals surface area contributed by atoms with E-state index in [1.807, 2.05) is 18.5 Å². The number of rotatable bonds is 5. The van der Waals surface area contributed by atoms with Crippen LogP contribution in [-0.4, -0.2) is 27.8 Å². The Bertz CT molecular complexity index is 632. The lowest BCUT2D eigenvalue weighted by molar-refractivity contribution is 0.102. The van der Waals surface area contributed by atoms with Crippen molar-refractivity contribution in [2.24, 2.45) is 0 Å². The zero-order valence-electron chi connectivity index (χ0n) is 12.8. The molecule has 6 nitrogen and oxygen atoms in total. The molecule has 0 aliphatic rings. The van der Waals surface area contributed by atoms with Crippen LogP contribution in [0.3, 0.4) is 0 Å². The molecule has 0 spiro atoms. The fourth-order valence-corrected chi connectivity index (χ4v) is 2.13. The third-order valence-electron chi connectivity index (χ3n) is 3.26. The lowest BCUT2D eigenvalue weighted by atomic mass is 10.2. The highest BCUT2D eigenvalue weighted by Crippen LogP contribution is 2.20. The van der Waals surface area contributed by atoms with Gasteiger partial charge >= 0.3 is 0 Å². The standard InChI is InChI=1S/C15H20N4O2/c1-5-8-19-11(3)14(10(2)18-19)17-15(20)12-6-7-13(21-4)16-9-12/h6-7,9H,5,8H2,1-4H3,(H,17,20). The fraction of sp³-hybridized carbons (Fsp3) is 0.400. The van der Waals surface area contributed by atoms with Crippen molar-refractivity contribution in [3.05, 3.63) is 35.3 Å². The number of aryl methyl sites for hydroxylation is 2. The van der Waals surface area contributed by atoms with Crippen molar-refractivity contribution in [2.75, 3.05) is 12.4 Å². The second kappa shape index (κ2) is 6.39. The average Bonchev–Trinajstić information content (AvgIpc) is 2.75. The number of nitrogens with zero attached hydrogens (tertiary/aromatic N) is 3. The Kier molecular flexibility index (Phi) is 4.57. The summed E-state index contributed by atoms with van der Waals surface area (Å²) in [6.07, 6.45) is 2.49. The Morgan fingerprint density at radius 2 is 2.14 bits per heavy atom. The summed E-state index contributed by atoms with van der Waals surface area (Å²) in [7, 11) is 1.54. The molecular weight excluding hydrogens is 268 g/mol. The highest BCUT2D eigenvalue weighted by Gasteiger charge is 2.15. The zero-order valence-corrected chi connectivity index (χ0v) is 12.8. The molecule has 2 aromatic heterocycles. The minimum atomic E-state index is -0.201. The van der Waals surface area contributed by atoms with Gasteiger partial charge in [-0.2, -0.15) is 5.10 Å². The monoisotopic (exact) mass is 288 g/mol. The molecule has 21 heavy (non-hydrogen) atoms. The van der Waals surface area contributed by atoms with Gasteiger partial charge in [0.2, 0.25) is 5.88 Å². The van der Waals surface area contributed by atoms with Gasteiger partial charge in [0, 0.05) is 18.8 Å². The maximum atomic E-state index is 12.3. The van der Waals surface area contributed by atoms with E-state index < -0.39 is 0 Å². The first kappa shape index (κ1) is 15.0. The lowest BCUT2D eigenvalue weighted by Gasteiger charge is -2.07. The quantitative estimate of drug-likeness (QED) is 0.918. The molecule has 0 unspecified atom stereocenters. The Morgan fingerprint density at radius 3 is 2.71 bits per heavy atom. The van der Waals surface area contributed by atoms with E-state index in [2.05, 4.69) is 22.3 Å². The Hall–Kier alpha value is -2.37. The minimum absolute atomic E-state index is 0.201. The van der Waals surface area contributed by atoms with Gasteiger partial charge in [-0.25, -0.2) is 4.98 Å². The van der Waals surface area contributed by atoms with Gasteiger partial charge in [0.1, 0.15) is 0 Å². The number of methoxy groups -OCH3 is 1. The number of nitrogens with one attached hydrogen (secondary N) is 1. The molecule has 0 aliphatic carbocycles. The van der Waals surface area contributed by atoms with Crippen LogP contribution in [0.4, 0.5) is 5.69 Å². The number of ether oxygens (including phenoxy) is 1. The highest BCUT2D eigenvalue weighted by molar-refractivity contribution is 6.04. The van der Waals surface area contributed by atoms with Crippen molar-refractivity contribution in [2.45, 2.75) is 33.7 Å². The summed E-state index contributed by atoms with van der Waals surface area (Å²) in [5, 5.41) is 7.35. The van der Waals surface area contributed by atoms with Crippen LogP contribution in [0.15, 0.2) is 18.3 Å². The summed E-state index contributed by atoms with van der Waals surface area (Å²) in [6, 6.07) is 3.34. The van der Waals surface area contributed by atoms with Crippen molar-refractivity contribution in [3.8, 4) is 5.88 Å². The average molecular weight is 288 g/mol. The van der Waals surface area contributed by atoms with Gasteiger partial charge in [0.25, 0.3) is 5.91 Å². The number of aromatic nitrogens is 3. The summed E-state index contributed by atoms with van der Waals surface area (Å²) < 4.78 is 6.89. The van der Waals surface area contributed by atoms with Gasteiger partial charge < -0.3 is 10.1 Å². The number of hydrogen-bond acceptors (Lipinski definition) is 4. The first-order valence-electron chi connectivity index (χ1n) is 6.92. The number of carbonyl (C=O) groups is 1. The molecule has 1 N–H and O–H groups in total. The van der Waals surface area contributed by atoms with Crippen molar-refractivity contribution in [3.63, 3.8) is 0 Å². The Labute approximate surface area is 124 Å². The van der Waals surface area contributed by atoms with Crippen molar-refractivity contribution in [1.29, 1.82) is 0 Å². The third-order valence-corrected chi connectivity index (χ3v) is 3.26. The summed E-state index contributed by atoms with van der Waals surface area (Å²) >= 11 is 0. The second-order valence-corrected chi connectivity index (χ2v) is 4.81. The summed E-state index contributed by atoms with van der Waals surface area (Å²) in [5.41, 5.74) is 3.03. The largest absolute Gasteiger partial charge is 0.481 e. The van der Waals surface area contributed by atoms with Crippen LogP contribution in [0.2, 0.25) is 0 Å². The first-order valence-corrected chi connectivity index (χ1v) is 6.92. The van der Waals surface area contributed by atoms with Gasteiger partial charge in [-0.15, -0.1) is 0 Å². The molecule has 0 aliphatic heterocycles. The van der Waals surface area contributed by atoms with E-state index in [1.165, 1.54) is 13.3 Å². The fourth-order valence-electron chi connectivity index (χ4n) is 2.13. The van der Waals surface area contributed by atoms with Crippen LogP contribution in [0.1, 0.15) is 35.1 Å². The SMILES string of the molecule is CCCn1nc(C)c(NC(=O)c2ccc(OC)nc2)c1C. The number of amides is 1. The first-order chi connectivity index (χ1) is 10.1. The van der Waals surface area contributed by atoms with Crippen LogP contribution < -0.4 is 10.1 Å². The molecule has 2 heterocycles. The number of pyridine rings is 1. The lowest BCUT2D eigenvalue weighted by Crippen LogP contribution is -2.13. The molecule has 1 amide bonds. The summed E-state index contributed by atoms with van der Waals surface area (Å²) in [6.45, 7) is 6.78. The van der Waals surface area contributed by atoms with E-state index >= 15 is 0 Å². The maximum absolute atomic E-state index is 12.3. The summed E-state index contributed by atoms with van der Waals surface area (Å²) in [4.78, 5) is 16.3. The van der Waals surface area contributed by atoms with Gasteiger partial charge in [0.05, 0.1) is 29.7 Å². The topological polar surface area (TPSA) is 69.0 Å². The number of hydrogen-bond donors (Lipinski definition) is 1. The van der Waals surface area contributed by atoms with Crippen LogP contribution in [0, 0.1) is 13.8 Å².